The van der Waals surface area contributed by atoms with Crippen LogP contribution in [0.4, 0.5) is 5.69 Å². The van der Waals surface area contributed by atoms with Crippen molar-refractivity contribution in [2.24, 2.45) is 5.92 Å². The SMILES string of the molecule is N#Cc1ccccc1CNc1ccccc1CN1CCC(CO)CC1. The van der Waals surface area contributed by atoms with Crippen molar-refractivity contribution in [3.63, 3.8) is 0 Å². The third kappa shape index (κ3) is 4.60. The maximum atomic E-state index is 9.28. The van der Waals surface area contributed by atoms with Crippen LogP contribution in [0.1, 0.15) is 29.5 Å². The van der Waals surface area contributed by atoms with Gasteiger partial charge in [0.25, 0.3) is 0 Å². The number of para-hydroxylation sites is 1. The zero-order valence-corrected chi connectivity index (χ0v) is 14.5. The molecular weight excluding hydrogens is 310 g/mol. The summed E-state index contributed by atoms with van der Waals surface area (Å²) in [6, 6.07) is 18.3. The van der Waals surface area contributed by atoms with Crippen LogP contribution < -0.4 is 5.32 Å². The highest BCUT2D eigenvalue weighted by atomic mass is 16.3. The Hall–Kier alpha value is -2.35. The van der Waals surface area contributed by atoms with E-state index in [1.165, 1.54) is 5.56 Å². The van der Waals surface area contributed by atoms with Crippen molar-refractivity contribution in [2.45, 2.75) is 25.9 Å². The van der Waals surface area contributed by atoms with Crippen LogP contribution in [0, 0.1) is 17.2 Å². The number of piperidine rings is 1. The largest absolute Gasteiger partial charge is 0.396 e. The Morgan fingerprint density at radius 1 is 1.04 bits per heavy atom. The Bertz CT molecular complexity index is 730. The van der Waals surface area contributed by atoms with Gasteiger partial charge in [-0.05, 0) is 55.1 Å². The molecule has 4 nitrogen and oxygen atoms in total. The monoisotopic (exact) mass is 335 g/mol. The zero-order valence-electron chi connectivity index (χ0n) is 14.5. The van der Waals surface area contributed by atoms with Crippen LogP contribution >= 0.6 is 0 Å². The van der Waals surface area contributed by atoms with Crippen LogP contribution in [0.5, 0.6) is 0 Å². The highest BCUT2D eigenvalue weighted by molar-refractivity contribution is 5.52. The van der Waals surface area contributed by atoms with Crippen molar-refractivity contribution in [1.29, 1.82) is 5.26 Å². The van der Waals surface area contributed by atoms with Crippen LogP contribution in [0.2, 0.25) is 0 Å². The molecule has 2 aromatic carbocycles. The fraction of sp³-hybridized carbons (Fsp3) is 0.381. The van der Waals surface area contributed by atoms with Crippen molar-refractivity contribution >= 4 is 5.69 Å². The topological polar surface area (TPSA) is 59.3 Å². The fourth-order valence-electron chi connectivity index (χ4n) is 3.37. The molecule has 0 aliphatic carbocycles. The molecule has 1 fully saturated rings. The number of aliphatic hydroxyl groups excluding tert-OH is 1. The van der Waals surface area contributed by atoms with E-state index in [1.807, 2.05) is 30.3 Å². The maximum Gasteiger partial charge on any atom is 0.0995 e. The van der Waals surface area contributed by atoms with E-state index in [-0.39, 0.29) is 0 Å². The lowest BCUT2D eigenvalue weighted by molar-refractivity contribution is 0.127. The van der Waals surface area contributed by atoms with E-state index in [0.29, 0.717) is 19.1 Å². The molecule has 0 bridgehead atoms. The molecule has 2 N–H and O–H groups in total. The van der Waals surface area contributed by atoms with Crippen molar-refractivity contribution in [2.75, 3.05) is 25.0 Å². The molecule has 0 amide bonds. The van der Waals surface area contributed by atoms with Gasteiger partial charge in [-0.3, -0.25) is 4.90 Å². The lowest BCUT2D eigenvalue weighted by Gasteiger charge is -2.31. The molecule has 4 heteroatoms. The van der Waals surface area contributed by atoms with E-state index in [1.54, 1.807) is 0 Å². The molecule has 0 atom stereocenters. The normalized spacial score (nSPS) is 15.7. The number of anilines is 1. The summed E-state index contributed by atoms with van der Waals surface area (Å²) in [4.78, 5) is 2.45. The molecule has 0 spiro atoms. The number of nitriles is 1. The van der Waals surface area contributed by atoms with Gasteiger partial charge in [-0.25, -0.2) is 0 Å². The Balaban J connectivity index is 1.64. The van der Waals surface area contributed by atoms with Gasteiger partial charge in [0.2, 0.25) is 0 Å². The molecule has 0 aromatic heterocycles. The van der Waals surface area contributed by atoms with Gasteiger partial charge in [-0.1, -0.05) is 36.4 Å². The number of benzene rings is 2. The van der Waals surface area contributed by atoms with E-state index in [0.717, 1.165) is 49.3 Å². The molecule has 0 radical (unpaired) electrons. The molecular formula is C21H25N3O. The van der Waals surface area contributed by atoms with Gasteiger partial charge in [0.1, 0.15) is 0 Å². The van der Waals surface area contributed by atoms with Crippen molar-refractivity contribution in [3.8, 4) is 6.07 Å². The second-order valence-electron chi connectivity index (χ2n) is 6.68. The summed E-state index contributed by atoms with van der Waals surface area (Å²) >= 11 is 0. The lowest BCUT2D eigenvalue weighted by atomic mass is 9.97. The van der Waals surface area contributed by atoms with Gasteiger partial charge < -0.3 is 10.4 Å². The van der Waals surface area contributed by atoms with Crippen LogP contribution in [-0.4, -0.2) is 29.7 Å². The zero-order chi connectivity index (χ0) is 17.5. The summed E-state index contributed by atoms with van der Waals surface area (Å²) in [6.07, 6.45) is 2.14. The highest BCUT2D eigenvalue weighted by Crippen LogP contribution is 2.23. The summed E-state index contributed by atoms with van der Waals surface area (Å²) in [5, 5.41) is 22.0. The number of nitrogens with one attached hydrogen (secondary N) is 1. The molecule has 1 aliphatic heterocycles. The second-order valence-corrected chi connectivity index (χ2v) is 6.68. The van der Waals surface area contributed by atoms with Crippen LogP contribution in [0.25, 0.3) is 0 Å². The van der Waals surface area contributed by atoms with E-state index in [4.69, 9.17) is 0 Å². The van der Waals surface area contributed by atoms with Crippen molar-refractivity contribution < 1.29 is 5.11 Å². The molecule has 25 heavy (non-hydrogen) atoms. The Morgan fingerprint density at radius 3 is 2.44 bits per heavy atom. The smallest absolute Gasteiger partial charge is 0.0995 e. The van der Waals surface area contributed by atoms with Gasteiger partial charge in [0.05, 0.1) is 11.6 Å². The van der Waals surface area contributed by atoms with E-state index in [2.05, 4.69) is 34.5 Å². The van der Waals surface area contributed by atoms with Crippen LogP contribution in [0.3, 0.4) is 0 Å². The quantitative estimate of drug-likeness (QED) is 0.850. The predicted molar refractivity (Wildman–Crippen MR) is 100 cm³/mol. The average molecular weight is 335 g/mol. The first-order chi connectivity index (χ1) is 12.3. The summed E-state index contributed by atoms with van der Waals surface area (Å²) in [7, 11) is 0. The second kappa shape index (κ2) is 8.66. The summed E-state index contributed by atoms with van der Waals surface area (Å²) in [6.45, 7) is 3.95. The first-order valence-corrected chi connectivity index (χ1v) is 8.93. The molecule has 0 unspecified atom stereocenters. The van der Waals surface area contributed by atoms with Gasteiger partial charge in [-0.15, -0.1) is 0 Å². The molecule has 130 valence electrons. The third-order valence-corrected chi connectivity index (χ3v) is 4.98. The number of aliphatic hydroxyl groups is 1. The van der Waals surface area contributed by atoms with E-state index < -0.39 is 0 Å². The Labute approximate surface area is 149 Å². The van der Waals surface area contributed by atoms with Gasteiger partial charge in [0.15, 0.2) is 0 Å². The number of hydrogen-bond donors (Lipinski definition) is 2. The predicted octanol–water partition coefficient (Wildman–Crippen LogP) is 3.37. The molecule has 3 rings (SSSR count). The lowest BCUT2D eigenvalue weighted by Crippen LogP contribution is -2.34. The Morgan fingerprint density at radius 2 is 1.72 bits per heavy atom. The molecule has 1 saturated heterocycles. The standard InChI is InChI=1S/C21H25N3O/c22-13-18-5-1-2-6-19(18)14-23-21-8-4-3-7-20(21)15-24-11-9-17(16-25)10-12-24/h1-8,17,23,25H,9-12,14-16H2. The first-order valence-electron chi connectivity index (χ1n) is 8.93. The number of likely N-dealkylation sites (tertiary alicyclic amines) is 1. The highest BCUT2D eigenvalue weighted by Gasteiger charge is 2.19. The van der Waals surface area contributed by atoms with Gasteiger partial charge in [0, 0.05) is 25.4 Å². The number of hydrogen-bond acceptors (Lipinski definition) is 4. The number of nitrogens with zero attached hydrogens (tertiary/aromatic N) is 2. The molecule has 0 saturated carbocycles. The number of rotatable bonds is 6. The Kier molecular flexibility index (Phi) is 6.05. The van der Waals surface area contributed by atoms with Gasteiger partial charge >= 0.3 is 0 Å². The first kappa shape index (κ1) is 17.5. The minimum Gasteiger partial charge on any atom is -0.396 e. The minimum atomic E-state index is 0.310. The molecule has 1 heterocycles. The molecule has 1 aliphatic rings. The fourth-order valence-corrected chi connectivity index (χ4v) is 3.37. The summed E-state index contributed by atoms with van der Waals surface area (Å²) < 4.78 is 0. The average Bonchev–Trinajstić information content (AvgIpc) is 2.68. The maximum absolute atomic E-state index is 9.28. The minimum absolute atomic E-state index is 0.310. The van der Waals surface area contributed by atoms with E-state index >= 15 is 0 Å². The summed E-state index contributed by atoms with van der Waals surface area (Å²) in [5.74, 6) is 0.465. The van der Waals surface area contributed by atoms with Gasteiger partial charge in [-0.2, -0.15) is 5.26 Å². The van der Waals surface area contributed by atoms with Crippen molar-refractivity contribution in [1.82, 2.24) is 4.90 Å². The van der Waals surface area contributed by atoms with Crippen molar-refractivity contribution in [3.05, 3.63) is 65.2 Å². The van der Waals surface area contributed by atoms with Crippen LogP contribution in [0.15, 0.2) is 48.5 Å². The van der Waals surface area contributed by atoms with E-state index in [9.17, 15) is 10.4 Å². The summed E-state index contributed by atoms with van der Waals surface area (Å²) in [5.41, 5.74) is 4.14. The molecule has 2 aromatic rings. The van der Waals surface area contributed by atoms with Crippen LogP contribution in [-0.2, 0) is 13.1 Å². The third-order valence-electron chi connectivity index (χ3n) is 4.98.